The number of nitrogens with one attached hydrogen (secondary N) is 1. The van der Waals surface area contributed by atoms with Crippen molar-refractivity contribution in [2.45, 2.75) is 71.8 Å². The Balaban J connectivity index is 3.36. The van der Waals surface area contributed by atoms with Crippen molar-refractivity contribution in [1.82, 2.24) is 5.32 Å². The summed E-state index contributed by atoms with van der Waals surface area (Å²) in [5.74, 6) is 0.557. The maximum atomic E-state index is 10.1. The molecule has 0 amide bonds. The van der Waals surface area contributed by atoms with Gasteiger partial charge in [-0.15, -0.1) is 0 Å². The molecule has 2 nitrogen and oxygen atoms in total. The number of hydrogen-bond donors (Lipinski definition) is 2. The van der Waals surface area contributed by atoms with Crippen LogP contribution < -0.4 is 5.32 Å². The summed E-state index contributed by atoms with van der Waals surface area (Å²) in [6.45, 7) is 10.2. The van der Waals surface area contributed by atoms with Gasteiger partial charge >= 0.3 is 0 Å². The second kappa shape index (κ2) is 9.00. The summed E-state index contributed by atoms with van der Waals surface area (Å²) >= 11 is 0. The molecule has 0 aliphatic heterocycles. The zero-order chi connectivity index (χ0) is 12.4. The standard InChI is InChI=1S/C14H31NO/c1-5-6-7-8-9-10-15-12-14(4,16)11-13(2)3/h13,15-16H,5-12H2,1-4H3. The van der Waals surface area contributed by atoms with Crippen LogP contribution >= 0.6 is 0 Å². The molecule has 0 rings (SSSR count). The summed E-state index contributed by atoms with van der Waals surface area (Å²) < 4.78 is 0. The minimum Gasteiger partial charge on any atom is -0.389 e. The highest BCUT2D eigenvalue weighted by molar-refractivity contribution is 4.76. The van der Waals surface area contributed by atoms with E-state index in [4.69, 9.17) is 0 Å². The summed E-state index contributed by atoms with van der Waals surface area (Å²) in [4.78, 5) is 0. The highest BCUT2D eigenvalue weighted by atomic mass is 16.3. The lowest BCUT2D eigenvalue weighted by Crippen LogP contribution is -2.39. The Morgan fingerprint density at radius 1 is 1.12 bits per heavy atom. The van der Waals surface area contributed by atoms with Crippen LogP contribution in [0, 0.1) is 5.92 Å². The number of unbranched alkanes of at least 4 members (excludes halogenated alkanes) is 4. The average molecular weight is 229 g/mol. The largest absolute Gasteiger partial charge is 0.389 e. The molecule has 2 N–H and O–H groups in total. The lowest BCUT2D eigenvalue weighted by atomic mass is 9.94. The molecule has 0 saturated carbocycles. The van der Waals surface area contributed by atoms with E-state index in [1.807, 2.05) is 6.92 Å². The Bertz CT molecular complexity index is 155. The van der Waals surface area contributed by atoms with Crippen molar-refractivity contribution < 1.29 is 5.11 Å². The van der Waals surface area contributed by atoms with Crippen molar-refractivity contribution in [3.05, 3.63) is 0 Å². The van der Waals surface area contributed by atoms with Crippen molar-refractivity contribution >= 4 is 0 Å². The SMILES string of the molecule is CCCCCCCNCC(C)(O)CC(C)C. The molecule has 0 fully saturated rings. The van der Waals surface area contributed by atoms with Gasteiger partial charge in [0.25, 0.3) is 0 Å². The molecule has 0 aliphatic carbocycles. The van der Waals surface area contributed by atoms with Crippen LogP contribution in [0.2, 0.25) is 0 Å². The molecule has 0 bridgehead atoms. The molecule has 16 heavy (non-hydrogen) atoms. The van der Waals surface area contributed by atoms with E-state index in [1.54, 1.807) is 0 Å². The van der Waals surface area contributed by atoms with Crippen LogP contribution in [0.5, 0.6) is 0 Å². The number of aliphatic hydroxyl groups is 1. The van der Waals surface area contributed by atoms with E-state index in [9.17, 15) is 5.11 Å². The zero-order valence-corrected chi connectivity index (χ0v) is 11.7. The van der Waals surface area contributed by atoms with Gasteiger partial charge < -0.3 is 10.4 Å². The second-order valence-corrected chi connectivity index (χ2v) is 5.69. The van der Waals surface area contributed by atoms with Gasteiger partial charge in [0.2, 0.25) is 0 Å². The first-order valence-corrected chi connectivity index (χ1v) is 6.91. The van der Waals surface area contributed by atoms with Gasteiger partial charge in [-0.2, -0.15) is 0 Å². The van der Waals surface area contributed by atoms with Crippen molar-refractivity contribution in [2.75, 3.05) is 13.1 Å². The quantitative estimate of drug-likeness (QED) is 0.563. The normalized spacial score (nSPS) is 15.4. The maximum Gasteiger partial charge on any atom is 0.0746 e. The topological polar surface area (TPSA) is 32.3 Å². The highest BCUT2D eigenvalue weighted by Gasteiger charge is 2.20. The van der Waals surface area contributed by atoms with Gasteiger partial charge in [-0.05, 0) is 32.2 Å². The fourth-order valence-corrected chi connectivity index (χ4v) is 2.16. The third-order valence-corrected chi connectivity index (χ3v) is 2.81. The van der Waals surface area contributed by atoms with Gasteiger partial charge in [-0.1, -0.05) is 46.5 Å². The molecule has 2 heteroatoms. The van der Waals surface area contributed by atoms with E-state index in [1.165, 1.54) is 32.1 Å². The molecule has 0 aromatic rings. The molecule has 0 spiro atoms. The molecule has 0 saturated heterocycles. The Morgan fingerprint density at radius 2 is 1.75 bits per heavy atom. The summed E-state index contributed by atoms with van der Waals surface area (Å²) in [7, 11) is 0. The first-order chi connectivity index (χ1) is 7.48. The maximum absolute atomic E-state index is 10.1. The summed E-state index contributed by atoms with van der Waals surface area (Å²) in [6, 6.07) is 0. The van der Waals surface area contributed by atoms with Crippen LogP contribution in [0.4, 0.5) is 0 Å². The summed E-state index contributed by atoms with van der Waals surface area (Å²) in [5, 5.41) is 13.4. The Labute approximate surface area is 102 Å². The van der Waals surface area contributed by atoms with Gasteiger partial charge in [-0.25, -0.2) is 0 Å². The smallest absolute Gasteiger partial charge is 0.0746 e. The molecule has 0 radical (unpaired) electrons. The van der Waals surface area contributed by atoms with Gasteiger partial charge in [0.1, 0.15) is 0 Å². The average Bonchev–Trinajstić information content (AvgIpc) is 2.14. The molecule has 1 atom stereocenters. The van der Waals surface area contributed by atoms with Gasteiger partial charge in [0, 0.05) is 6.54 Å². The number of hydrogen-bond acceptors (Lipinski definition) is 2. The molecule has 0 heterocycles. The van der Waals surface area contributed by atoms with Gasteiger partial charge in [0.15, 0.2) is 0 Å². The Hall–Kier alpha value is -0.0800. The van der Waals surface area contributed by atoms with E-state index < -0.39 is 5.60 Å². The van der Waals surface area contributed by atoms with Crippen molar-refractivity contribution in [3.8, 4) is 0 Å². The van der Waals surface area contributed by atoms with E-state index in [0.29, 0.717) is 5.92 Å². The van der Waals surface area contributed by atoms with E-state index in [-0.39, 0.29) is 0 Å². The summed E-state index contributed by atoms with van der Waals surface area (Å²) in [5.41, 5.74) is -0.544. The zero-order valence-electron chi connectivity index (χ0n) is 11.7. The first-order valence-electron chi connectivity index (χ1n) is 6.91. The van der Waals surface area contributed by atoms with Crippen LogP contribution in [-0.4, -0.2) is 23.8 Å². The third kappa shape index (κ3) is 10.4. The fraction of sp³-hybridized carbons (Fsp3) is 1.00. The Morgan fingerprint density at radius 3 is 2.31 bits per heavy atom. The monoisotopic (exact) mass is 229 g/mol. The minimum atomic E-state index is -0.544. The lowest BCUT2D eigenvalue weighted by molar-refractivity contribution is 0.0387. The molecule has 0 aromatic heterocycles. The molecule has 1 unspecified atom stereocenters. The van der Waals surface area contributed by atoms with E-state index in [0.717, 1.165) is 19.5 Å². The Kier molecular flexibility index (Phi) is 8.96. The van der Waals surface area contributed by atoms with Gasteiger partial charge in [-0.3, -0.25) is 0 Å². The van der Waals surface area contributed by atoms with E-state index >= 15 is 0 Å². The molecule has 98 valence electrons. The van der Waals surface area contributed by atoms with Crippen LogP contribution in [0.25, 0.3) is 0 Å². The third-order valence-electron chi connectivity index (χ3n) is 2.81. The van der Waals surface area contributed by atoms with Crippen molar-refractivity contribution in [3.63, 3.8) is 0 Å². The first kappa shape index (κ1) is 15.9. The van der Waals surface area contributed by atoms with Crippen LogP contribution in [0.15, 0.2) is 0 Å². The minimum absolute atomic E-state index is 0.544. The fourth-order valence-electron chi connectivity index (χ4n) is 2.16. The highest BCUT2D eigenvalue weighted by Crippen LogP contribution is 2.14. The number of rotatable bonds is 10. The predicted molar refractivity (Wildman–Crippen MR) is 71.7 cm³/mol. The van der Waals surface area contributed by atoms with Gasteiger partial charge in [0.05, 0.1) is 5.60 Å². The van der Waals surface area contributed by atoms with E-state index in [2.05, 4.69) is 26.1 Å². The second-order valence-electron chi connectivity index (χ2n) is 5.69. The van der Waals surface area contributed by atoms with Crippen LogP contribution in [-0.2, 0) is 0 Å². The lowest BCUT2D eigenvalue weighted by Gasteiger charge is -2.25. The van der Waals surface area contributed by atoms with Crippen molar-refractivity contribution in [1.29, 1.82) is 0 Å². The predicted octanol–water partition coefficient (Wildman–Crippen LogP) is 3.34. The van der Waals surface area contributed by atoms with Crippen LogP contribution in [0.1, 0.15) is 66.2 Å². The van der Waals surface area contributed by atoms with Crippen LogP contribution in [0.3, 0.4) is 0 Å². The molecule has 0 aliphatic rings. The summed E-state index contributed by atoms with van der Waals surface area (Å²) in [6.07, 6.45) is 7.42. The molecular formula is C14H31NO. The van der Waals surface area contributed by atoms with Crippen molar-refractivity contribution in [2.24, 2.45) is 5.92 Å². The molecule has 0 aromatic carbocycles. The molecular weight excluding hydrogens is 198 g/mol.